The maximum Gasteiger partial charge on any atom is 0.0415 e. The number of nitrogens with one attached hydrogen (secondary N) is 1. The molecule has 20 heavy (non-hydrogen) atoms. The molecule has 0 radical (unpaired) electrons. The van der Waals surface area contributed by atoms with Crippen molar-refractivity contribution >= 4 is 21.6 Å². The highest BCUT2D eigenvalue weighted by Crippen LogP contribution is 2.32. The van der Waals surface area contributed by atoms with E-state index in [0.29, 0.717) is 6.04 Å². The quantitative estimate of drug-likeness (QED) is 0.833. The van der Waals surface area contributed by atoms with Gasteiger partial charge in [-0.1, -0.05) is 29.8 Å². The van der Waals surface area contributed by atoms with Gasteiger partial charge in [-0.15, -0.1) is 0 Å². The summed E-state index contributed by atoms with van der Waals surface area (Å²) >= 11 is 3.62. The van der Waals surface area contributed by atoms with Gasteiger partial charge >= 0.3 is 0 Å². The van der Waals surface area contributed by atoms with Crippen LogP contribution in [0.25, 0.3) is 0 Å². The van der Waals surface area contributed by atoms with Crippen LogP contribution in [0, 0.1) is 5.92 Å². The van der Waals surface area contributed by atoms with Crippen LogP contribution in [0.5, 0.6) is 0 Å². The van der Waals surface area contributed by atoms with Crippen molar-refractivity contribution in [2.45, 2.75) is 46.1 Å². The van der Waals surface area contributed by atoms with Crippen molar-refractivity contribution in [3.63, 3.8) is 0 Å². The highest BCUT2D eigenvalue weighted by Gasteiger charge is 2.20. The molecule has 0 spiro atoms. The molecule has 2 nitrogen and oxygen atoms in total. The number of hydrogen-bond donors (Lipinski definition) is 1. The van der Waals surface area contributed by atoms with Crippen LogP contribution in [0.4, 0.5) is 5.69 Å². The first-order valence-electron chi connectivity index (χ1n) is 7.89. The van der Waals surface area contributed by atoms with E-state index < -0.39 is 0 Å². The van der Waals surface area contributed by atoms with E-state index in [1.165, 1.54) is 48.1 Å². The molecular formula is C17H27BrN2. The van der Waals surface area contributed by atoms with E-state index in [2.05, 4.69) is 65.1 Å². The van der Waals surface area contributed by atoms with Crippen molar-refractivity contribution in [1.82, 2.24) is 5.32 Å². The van der Waals surface area contributed by atoms with E-state index in [1.807, 2.05) is 0 Å². The van der Waals surface area contributed by atoms with Gasteiger partial charge in [-0.2, -0.15) is 0 Å². The average molecular weight is 339 g/mol. The molecule has 0 bridgehead atoms. The van der Waals surface area contributed by atoms with E-state index in [1.54, 1.807) is 0 Å². The largest absolute Gasteiger partial charge is 0.371 e. The molecule has 0 aliphatic carbocycles. The number of piperidine rings is 1. The average Bonchev–Trinajstić information content (AvgIpc) is 2.46. The Labute approximate surface area is 132 Å². The molecule has 1 N–H and O–H groups in total. The van der Waals surface area contributed by atoms with E-state index in [0.717, 1.165) is 12.5 Å². The second-order valence-electron chi connectivity index (χ2n) is 6.05. The van der Waals surface area contributed by atoms with Gasteiger partial charge in [0.2, 0.25) is 0 Å². The van der Waals surface area contributed by atoms with Crippen LogP contribution < -0.4 is 10.2 Å². The molecule has 1 heterocycles. The fourth-order valence-corrected chi connectivity index (χ4v) is 3.26. The van der Waals surface area contributed by atoms with Crippen LogP contribution in [-0.4, -0.2) is 19.6 Å². The first-order chi connectivity index (χ1) is 9.61. The van der Waals surface area contributed by atoms with E-state index in [9.17, 15) is 0 Å². The van der Waals surface area contributed by atoms with Gasteiger partial charge in [-0.25, -0.2) is 0 Å². The Kier molecular flexibility index (Phi) is 5.91. The molecule has 1 aromatic carbocycles. The first-order valence-corrected chi connectivity index (χ1v) is 8.69. The lowest BCUT2D eigenvalue weighted by Gasteiger charge is -2.34. The van der Waals surface area contributed by atoms with Gasteiger partial charge in [-0.3, -0.25) is 0 Å². The topological polar surface area (TPSA) is 15.3 Å². The van der Waals surface area contributed by atoms with E-state index >= 15 is 0 Å². The zero-order valence-electron chi connectivity index (χ0n) is 13.0. The Bertz CT molecular complexity index is 425. The van der Waals surface area contributed by atoms with Crippen molar-refractivity contribution < 1.29 is 0 Å². The van der Waals surface area contributed by atoms with Gasteiger partial charge in [0.25, 0.3) is 0 Å². The van der Waals surface area contributed by atoms with Crippen LogP contribution in [0.1, 0.15) is 51.6 Å². The van der Waals surface area contributed by atoms with Crippen molar-refractivity contribution in [3.8, 4) is 0 Å². The molecule has 112 valence electrons. The van der Waals surface area contributed by atoms with Gasteiger partial charge in [0.1, 0.15) is 0 Å². The minimum atomic E-state index is 0.404. The fourth-order valence-electron chi connectivity index (χ4n) is 2.88. The summed E-state index contributed by atoms with van der Waals surface area (Å²) in [5, 5.41) is 3.62. The van der Waals surface area contributed by atoms with Gasteiger partial charge in [0.15, 0.2) is 0 Å². The summed E-state index contributed by atoms with van der Waals surface area (Å²) in [5.41, 5.74) is 2.83. The predicted octanol–water partition coefficient (Wildman–Crippen LogP) is 4.75. The molecule has 1 saturated heterocycles. The summed E-state index contributed by atoms with van der Waals surface area (Å²) in [4.78, 5) is 2.56. The molecule has 2 rings (SSSR count). The lowest BCUT2D eigenvalue weighted by molar-refractivity contribution is 0.437. The SMILES string of the molecule is CCCNC(C)c1cc(Br)ccc1N1CCC(C)CC1. The van der Waals surface area contributed by atoms with Crippen molar-refractivity contribution in [3.05, 3.63) is 28.2 Å². The summed E-state index contributed by atoms with van der Waals surface area (Å²) < 4.78 is 1.17. The second-order valence-corrected chi connectivity index (χ2v) is 6.96. The number of anilines is 1. The lowest BCUT2D eigenvalue weighted by Crippen LogP contribution is -2.34. The fraction of sp³-hybridized carbons (Fsp3) is 0.647. The summed E-state index contributed by atoms with van der Waals surface area (Å²) in [6.07, 6.45) is 3.80. The van der Waals surface area contributed by atoms with Crippen LogP contribution in [0.3, 0.4) is 0 Å². The number of halogens is 1. The minimum Gasteiger partial charge on any atom is -0.371 e. The van der Waals surface area contributed by atoms with Gasteiger partial charge in [0, 0.05) is 29.3 Å². The zero-order chi connectivity index (χ0) is 14.5. The summed E-state index contributed by atoms with van der Waals surface area (Å²) in [6, 6.07) is 7.13. The summed E-state index contributed by atoms with van der Waals surface area (Å²) in [7, 11) is 0. The first kappa shape index (κ1) is 15.8. The van der Waals surface area contributed by atoms with Crippen LogP contribution in [0.15, 0.2) is 22.7 Å². The molecular weight excluding hydrogens is 312 g/mol. The lowest BCUT2D eigenvalue weighted by atomic mass is 9.97. The van der Waals surface area contributed by atoms with Crippen LogP contribution in [-0.2, 0) is 0 Å². The van der Waals surface area contributed by atoms with E-state index in [4.69, 9.17) is 0 Å². The molecule has 0 amide bonds. The van der Waals surface area contributed by atoms with Crippen LogP contribution in [0.2, 0.25) is 0 Å². The Morgan fingerprint density at radius 2 is 2.05 bits per heavy atom. The maximum atomic E-state index is 3.62. The Morgan fingerprint density at radius 3 is 2.70 bits per heavy atom. The molecule has 1 aliphatic heterocycles. The Balaban J connectivity index is 2.19. The van der Waals surface area contributed by atoms with Gasteiger partial charge in [0.05, 0.1) is 0 Å². The number of nitrogens with zero attached hydrogens (tertiary/aromatic N) is 1. The van der Waals surface area contributed by atoms with Crippen molar-refractivity contribution in [2.75, 3.05) is 24.5 Å². The molecule has 0 aromatic heterocycles. The number of hydrogen-bond acceptors (Lipinski definition) is 2. The normalized spacial score (nSPS) is 18.3. The van der Waals surface area contributed by atoms with Crippen LogP contribution >= 0.6 is 15.9 Å². The van der Waals surface area contributed by atoms with Gasteiger partial charge in [-0.05, 0) is 62.4 Å². The number of benzene rings is 1. The third kappa shape index (κ3) is 3.98. The predicted molar refractivity (Wildman–Crippen MR) is 91.5 cm³/mol. The molecule has 1 aliphatic rings. The molecule has 1 atom stereocenters. The van der Waals surface area contributed by atoms with Gasteiger partial charge < -0.3 is 10.2 Å². The Hall–Kier alpha value is -0.540. The van der Waals surface area contributed by atoms with Crippen molar-refractivity contribution in [1.29, 1.82) is 0 Å². The molecule has 0 saturated carbocycles. The maximum absolute atomic E-state index is 3.62. The molecule has 1 fully saturated rings. The third-order valence-electron chi connectivity index (χ3n) is 4.28. The number of rotatable bonds is 5. The van der Waals surface area contributed by atoms with E-state index in [-0.39, 0.29) is 0 Å². The zero-order valence-corrected chi connectivity index (χ0v) is 14.5. The monoisotopic (exact) mass is 338 g/mol. The molecule has 1 unspecified atom stereocenters. The standard InChI is InChI=1S/C17H27BrN2/c1-4-9-19-14(3)16-12-15(18)5-6-17(16)20-10-7-13(2)8-11-20/h5-6,12-14,19H,4,7-11H2,1-3H3. The highest BCUT2D eigenvalue weighted by atomic mass is 79.9. The third-order valence-corrected chi connectivity index (χ3v) is 4.77. The summed E-state index contributed by atoms with van der Waals surface area (Å²) in [6.45, 7) is 10.3. The second kappa shape index (κ2) is 7.46. The van der Waals surface area contributed by atoms with Crippen molar-refractivity contribution in [2.24, 2.45) is 5.92 Å². The molecule has 3 heteroatoms. The summed E-state index contributed by atoms with van der Waals surface area (Å²) in [5.74, 6) is 0.876. The molecule has 1 aromatic rings. The Morgan fingerprint density at radius 1 is 1.35 bits per heavy atom. The highest BCUT2D eigenvalue weighted by molar-refractivity contribution is 9.10. The minimum absolute atomic E-state index is 0.404. The smallest absolute Gasteiger partial charge is 0.0415 e.